The first-order valence-electron chi connectivity index (χ1n) is 8.76. The maximum absolute atomic E-state index is 13.1. The lowest BCUT2D eigenvalue weighted by molar-refractivity contribution is -0.141. The van der Waals surface area contributed by atoms with Crippen LogP contribution in [0.1, 0.15) is 52.0 Å². The van der Waals surface area contributed by atoms with Crippen molar-refractivity contribution >= 4 is 11.6 Å². The third-order valence-corrected chi connectivity index (χ3v) is 4.65. The number of rotatable bonds is 4. The van der Waals surface area contributed by atoms with Crippen molar-refractivity contribution in [2.75, 3.05) is 5.32 Å². The van der Waals surface area contributed by atoms with Crippen LogP contribution in [0.5, 0.6) is 0 Å². The second-order valence-corrected chi connectivity index (χ2v) is 6.84. The van der Waals surface area contributed by atoms with E-state index >= 15 is 0 Å². The summed E-state index contributed by atoms with van der Waals surface area (Å²) < 4.78 is 45.5. The van der Waals surface area contributed by atoms with E-state index in [4.69, 9.17) is 4.52 Å². The fourth-order valence-corrected chi connectivity index (χ4v) is 3.10. The highest BCUT2D eigenvalue weighted by molar-refractivity contribution is 6.05. The number of nitrogens with zero attached hydrogens (tertiary/aromatic N) is 3. The third kappa shape index (κ3) is 3.39. The number of hydrogen-bond acceptors (Lipinski definition) is 4. The minimum absolute atomic E-state index is 0.0996. The van der Waals surface area contributed by atoms with Gasteiger partial charge in [0, 0.05) is 17.3 Å². The van der Waals surface area contributed by atoms with E-state index in [0.717, 1.165) is 18.9 Å². The van der Waals surface area contributed by atoms with E-state index in [2.05, 4.69) is 15.6 Å². The highest BCUT2D eigenvalue weighted by Crippen LogP contribution is 2.43. The third-order valence-electron chi connectivity index (χ3n) is 4.65. The van der Waals surface area contributed by atoms with Crippen LogP contribution in [0.25, 0.3) is 5.69 Å². The molecule has 146 valence electrons. The van der Waals surface area contributed by atoms with Crippen LogP contribution in [-0.2, 0) is 6.18 Å². The van der Waals surface area contributed by atoms with Crippen LogP contribution in [0.15, 0.2) is 34.9 Å². The van der Waals surface area contributed by atoms with Gasteiger partial charge in [0.1, 0.15) is 11.3 Å². The molecule has 1 N–H and O–H groups in total. The highest BCUT2D eigenvalue weighted by Gasteiger charge is 2.38. The Hall–Kier alpha value is -3.10. The van der Waals surface area contributed by atoms with Crippen LogP contribution in [-0.4, -0.2) is 20.8 Å². The van der Waals surface area contributed by atoms with Crippen molar-refractivity contribution in [3.63, 3.8) is 0 Å². The lowest BCUT2D eigenvalue weighted by Crippen LogP contribution is -2.13. The predicted octanol–water partition coefficient (Wildman–Crippen LogP) is 4.63. The van der Waals surface area contributed by atoms with E-state index in [1.54, 1.807) is 38.1 Å². The van der Waals surface area contributed by atoms with E-state index in [0.29, 0.717) is 34.1 Å². The van der Waals surface area contributed by atoms with Crippen LogP contribution in [0.4, 0.5) is 18.9 Å². The van der Waals surface area contributed by atoms with E-state index in [9.17, 15) is 18.0 Å². The molecule has 2 heterocycles. The zero-order valence-electron chi connectivity index (χ0n) is 15.2. The van der Waals surface area contributed by atoms with Gasteiger partial charge >= 0.3 is 6.18 Å². The first-order chi connectivity index (χ1) is 13.2. The van der Waals surface area contributed by atoms with Gasteiger partial charge in [-0.25, -0.2) is 4.68 Å². The van der Waals surface area contributed by atoms with Gasteiger partial charge in [0.2, 0.25) is 0 Å². The second kappa shape index (κ2) is 6.50. The monoisotopic (exact) mass is 390 g/mol. The second-order valence-electron chi connectivity index (χ2n) is 6.84. The molecule has 1 aromatic carbocycles. The molecule has 4 rings (SSSR count). The molecule has 1 saturated carbocycles. The van der Waals surface area contributed by atoms with Gasteiger partial charge in [-0.3, -0.25) is 4.79 Å². The maximum Gasteiger partial charge on any atom is 0.435 e. The molecular weight excluding hydrogens is 373 g/mol. The molecule has 0 saturated heterocycles. The van der Waals surface area contributed by atoms with E-state index in [-0.39, 0.29) is 11.8 Å². The Balaban J connectivity index is 1.59. The Bertz CT molecular complexity index is 1010. The zero-order valence-corrected chi connectivity index (χ0v) is 15.2. The van der Waals surface area contributed by atoms with Crippen molar-refractivity contribution in [2.45, 2.75) is 38.8 Å². The molecule has 0 unspecified atom stereocenters. The average Bonchev–Trinajstić information content (AvgIpc) is 3.28. The van der Waals surface area contributed by atoms with Crippen molar-refractivity contribution in [3.8, 4) is 5.69 Å². The molecule has 0 aliphatic heterocycles. The summed E-state index contributed by atoms with van der Waals surface area (Å²) in [5, 5.41) is 10.2. The first-order valence-corrected chi connectivity index (χ1v) is 8.76. The normalized spacial score (nSPS) is 14.3. The number of amides is 1. The summed E-state index contributed by atoms with van der Waals surface area (Å²) in [4.78, 5) is 12.4. The number of aryl methyl sites for hydroxylation is 2. The van der Waals surface area contributed by atoms with Crippen molar-refractivity contribution < 1.29 is 22.5 Å². The Morgan fingerprint density at radius 1 is 1.21 bits per heavy atom. The van der Waals surface area contributed by atoms with Crippen LogP contribution in [0, 0.1) is 13.8 Å². The van der Waals surface area contributed by atoms with Crippen LogP contribution in [0.2, 0.25) is 0 Å². The van der Waals surface area contributed by atoms with Gasteiger partial charge in [0.25, 0.3) is 5.91 Å². The zero-order chi connectivity index (χ0) is 20.1. The molecule has 9 heteroatoms. The minimum Gasteiger partial charge on any atom is -0.361 e. The van der Waals surface area contributed by atoms with Crippen LogP contribution >= 0.6 is 0 Å². The summed E-state index contributed by atoms with van der Waals surface area (Å²) in [5.74, 6) is 0.153. The molecule has 0 radical (unpaired) electrons. The van der Waals surface area contributed by atoms with Crippen LogP contribution < -0.4 is 5.32 Å². The molecular formula is C19H17F3N4O2. The maximum atomic E-state index is 13.1. The molecule has 0 spiro atoms. The number of halogens is 3. The van der Waals surface area contributed by atoms with Gasteiger partial charge in [0.05, 0.1) is 11.4 Å². The molecule has 0 atom stereocenters. The van der Waals surface area contributed by atoms with E-state index in [1.165, 1.54) is 4.68 Å². The number of nitrogens with one attached hydrogen (secondary N) is 1. The molecule has 1 aliphatic rings. The van der Waals surface area contributed by atoms with E-state index < -0.39 is 11.9 Å². The van der Waals surface area contributed by atoms with Crippen molar-refractivity contribution in [2.24, 2.45) is 0 Å². The van der Waals surface area contributed by atoms with Gasteiger partial charge in [-0.05, 0) is 57.0 Å². The Morgan fingerprint density at radius 2 is 1.89 bits per heavy atom. The summed E-state index contributed by atoms with van der Waals surface area (Å²) in [6.45, 7) is 3.32. The summed E-state index contributed by atoms with van der Waals surface area (Å²) in [7, 11) is 0. The van der Waals surface area contributed by atoms with Gasteiger partial charge in [0.15, 0.2) is 5.69 Å². The molecule has 3 aromatic rings. The molecule has 2 aromatic heterocycles. The smallest absolute Gasteiger partial charge is 0.361 e. The largest absolute Gasteiger partial charge is 0.435 e. The number of benzene rings is 1. The fraction of sp³-hybridized carbons (Fsp3) is 0.316. The van der Waals surface area contributed by atoms with Gasteiger partial charge in [-0.15, -0.1) is 0 Å². The summed E-state index contributed by atoms with van der Waals surface area (Å²) in [6, 6.07) is 7.61. The minimum atomic E-state index is -4.49. The molecule has 1 amide bonds. The van der Waals surface area contributed by atoms with Gasteiger partial charge in [-0.1, -0.05) is 5.16 Å². The summed E-state index contributed by atoms with van der Waals surface area (Å²) in [5.41, 5.74) is 1.52. The number of aromatic nitrogens is 3. The number of hydrogen-bond donors (Lipinski definition) is 1. The molecule has 1 aliphatic carbocycles. The van der Waals surface area contributed by atoms with Crippen molar-refractivity contribution in [1.29, 1.82) is 0 Å². The van der Waals surface area contributed by atoms with Gasteiger partial charge < -0.3 is 9.84 Å². The number of alkyl halides is 3. The van der Waals surface area contributed by atoms with E-state index in [1.807, 2.05) is 0 Å². The molecule has 1 fully saturated rings. The van der Waals surface area contributed by atoms with Gasteiger partial charge in [-0.2, -0.15) is 18.3 Å². The topological polar surface area (TPSA) is 73.0 Å². The lowest BCUT2D eigenvalue weighted by atomic mass is 10.2. The summed E-state index contributed by atoms with van der Waals surface area (Å²) >= 11 is 0. The highest BCUT2D eigenvalue weighted by atomic mass is 19.4. The molecule has 0 bridgehead atoms. The average molecular weight is 390 g/mol. The van der Waals surface area contributed by atoms with Crippen molar-refractivity contribution in [1.82, 2.24) is 14.9 Å². The Labute approximate surface area is 158 Å². The molecule has 28 heavy (non-hydrogen) atoms. The van der Waals surface area contributed by atoms with Crippen molar-refractivity contribution in [3.05, 3.63) is 58.7 Å². The summed E-state index contributed by atoms with van der Waals surface area (Å²) in [6.07, 6.45) is -2.78. The number of anilines is 1. The predicted molar refractivity (Wildman–Crippen MR) is 94.5 cm³/mol. The lowest BCUT2D eigenvalue weighted by Gasteiger charge is -2.09. The first kappa shape index (κ1) is 18.3. The fourth-order valence-electron chi connectivity index (χ4n) is 3.10. The quantitative estimate of drug-likeness (QED) is 0.705. The number of carbonyl (C=O) groups is 1. The Morgan fingerprint density at radius 3 is 2.43 bits per heavy atom. The SMILES string of the molecule is Cc1noc(C)c1C(=O)Nc1ccc(-n2nc(C(F)(F)F)cc2C2CC2)cc1. The number of carbonyl (C=O) groups excluding carboxylic acids is 1. The Kier molecular flexibility index (Phi) is 4.24. The molecule has 6 nitrogen and oxygen atoms in total. The van der Waals surface area contributed by atoms with Crippen LogP contribution in [0.3, 0.4) is 0 Å². The standard InChI is InChI=1S/C19H17F3N4O2/c1-10-17(11(2)28-25-10)18(27)23-13-5-7-14(8-6-13)26-15(12-3-4-12)9-16(24-26)19(20,21)22/h5-9,12H,3-4H2,1-2H3,(H,23,27).